The molecule has 0 bridgehead atoms. The molecule has 20 heavy (non-hydrogen) atoms. The number of ether oxygens (including phenoxy) is 1. The van der Waals surface area contributed by atoms with Crippen LogP contribution in [0, 0.1) is 11.3 Å². The van der Waals surface area contributed by atoms with E-state index >= 15 is 0 Å². The monoisotopic (exact) mass is 269 g/mol. The number of nitriles is 1. The number of rotatable bonds is 4. The van der Waals surface area contributed by atoms with Crippen LogP contribution >= 0.6 is 0 Å². The second kappa shape index (κ2) is 5.71. The van der Waals surface area contributed by atoms with Crippen molar-refractivity contribution >= 4 is 17.5 Å². The fourth-order valence-electron chi connectivity index (χ4n) is 1.65. The molecule has 2 N–H and O–H groups in total. The highest BCUT2D eigenvalue weighted by Gasteiger charge is 2.10. The SMILES string of the molecule is COc1cccc(C#N)c1Nc1ccc(C(=O)O)cn1. The van der Waals surface area contributed by atoms with Crippen molar-refractivity contribution in [1.29, 1.82) is 5.26 Å². The zero-order chi connectivity index (χ0) is 14.5. The Morgan fingerprint density at radius 3 is 2.75 bits per heavy atom. The first kappa shape index (κ1) is 13.4. The number of methoxy groups -OCH3 is 1. The Morgan fingerprint density at radius 2 is 2.20 bits per heavy atom. The summed E-state index contributed by atoms with van der Waals surface area (Å²) < 4.78 is 5.19. The Labute approximate surface area is 115 Å². The summed E-state index contributed by atoms with van der Waals surface area (Å²) in [5.74, 6) is -0.108. The Kier molecular flexibility index (Phi) is 3.82. The molecule has 0 radical (unpaired) electrons. The molecule has 0 aliphatic carbocycles. The number of nitrogens with one attached hydrogen (secondary N) is 1. The van der Waals surface area contributed by atoms with Gasteiger partial charge in [0, 0.05) is 6.20 Å². The first-order valence-corrected chi connectivity index (χ1v) is 5.69. The fraction of sp³-hybridized carbons (Fsp3) is 0.0714. The van der Waals surface area contributed by atoms with Gasteiger partial charge in [-0.05, 0) is 24.3 Å². The first-order chi connectivity index (χ1) is 9.65. The van der Waals surface area contributed by atoms with Gasteiger partial charge in [-0.2, -0.15) is 5.26 Å². The van der Waals surface area contributed by atoms with Crippen molar-refractivity contribution in [3.05, 3.63) is 47.7 Å². The minimum absolute atomic E-state index is 0.0936. The van der Waals surface area contributed by atoms with E-state index in [-0.39, 0.29) is 5.56 Å². The normalized spacial score (nSPS) is 9.60. The lowest BCUT2D eigenvalue weighted by Gasteiger charge is -2.11. The smallest absolute Gasteiger partial charge is 0.337 e. The maximum absolute atomic E-state index is 10.7. The summed E-state index contributed by atoms with van der Waals surface area (Å²) >= 11 is 0. The summed E-state index contributed by atoms with van der Waals surface area (Å²) in [6, 6.07) is 10.1. The largest absolute Gasteiger partial charge is 0.495 e. The minimum Gasteiger partial charge on any atom is -0.495 e. The molecule has 1 aromatic heterocycles. The van der Waals surface area contributed by atoms with Gasteiger partial charge in [0.25, 0.3) is 0 Å². The highest BCUT2D eigenvalue weighted by molar-refractivity contribution is 5.87. The topological polar surface area (TPSA) is 95.2 Å². The number of benzene rings is 1. The second-order valence-electron chi connectivity index (χ2n) is 3.86. The molecule has 0 spiro atoms. The number of nitrogens with zero attached hydrogens (tertiary/aromatic N) is 2. The molecule has 1 heterocycles. The van der Waals surface area contributed by atoms with Crippen LogP contribution in [-0.2, 0) is 0 Å². The highest BCUT2D eigenvalue weighted by Crippen LogP contribution is 2.30. The number of aromatic nitrogens is 1. The zero-order valence-electron chi connectivity index (χ0n) is 10.6. The van der Waals surface area contributed by atoms with Crippen LogP contribution < -0.4 is 10.1 Å². The molecule has 0 saturated heterocycles. The molecule has 2 rings (SSSR count). The number of hydrogen-bond acceptors (Lipinski definition) is 5. The molecule has 0 aliphatic heterocycles. The van der Waals surface area contributed by atoms with Crippen LogP contribution in [0.15, 0.2) is 36.5 Å². The van der Waals surface area contributed by atoms with Crippen molar-refractivity contribution in [3.63, 3.8) is 0 Å². The highest BCUT2D eigenvalue weighted by atomic mass is 16.5. The Bertz CT molecular complexity index is 675. The summed E-state index contributed by atoms with van der Waals surface area (Å²) in [6.07, 6.45) is 1.24. The van der Waals surface area contributed by atoms with Crippen molar-refractivity contribution in [1.82, 2.24) is 4.98 Å². The summed E-state index contributed by atoms with van der Waals surface area (Å²) in [5, 5.41) is 20.9. The van der Waals surface area contributed by atoms with Crippen LogP contribution in [0.25, 0.3) is 0 Å². The number of carboxylic acid groups (broad SMARTS) is 1. The molecular weight excluding hydrogens is 258 g/mol. The minimum atomic E-state index is -1.04. The number of pyridine rings is 1. The zero-order valence-corrected chi connectivity index (χ0v) is 10.6. The third kappa shape index (κ3) is 2.67. The molecule has 2 aromatic rings. The summed E-state index contributed by atoms with van der Waals surface area (Å²) in [4.78, 5) is 14.7. The molecule has 6 heteroatoms. The average Bonchev–Trinajstić information content (AvgIpc) is 2.48. The van der Waals surface area contributed by atoms with Crippen molar-refractivity contribution in [2.24, 2.45) is 0 Å². The van der Waals surface area contributed by atoms with Gasteiger partial charge in [0.05, 0.1) is 18.2 Å². The van der Waals surface area contributed by atoms with Crippen molar-refractivity contribution in [2.75, 3.05) is 12.4 Å². The van der Waals surface area contributed by atoms with Crippen LogP contribution in [0.1, 0.15) is 15.9 Å². The molecule has 6 nitrogen and oxygen atoms in total. The average molecular weight is 269 g/mol. The third-order valence-electron chi connectivity index (χ3n) is 2.63. The van der Waals surface area contributed by atoms with Gasteiger partial charge in [-0.15, -0.1) is 0 Å². The predicted molar refractivity (Wildman–Crippen MR) is 72.2 cm³/mol. The summed E-state index contributed by atoms with van der Waals surface area (Å²) in [5.41, 5.74) is 0.998. The predicted octanol–water partition coefficient (Wildman–Crippen LogP) is 2.40. The lowest BCUT2D eigenvalue weighted by atomic mass is 10.1. The van der Waals surface area contributed by atoms with Gasteiger partial charge in [0.15, 0.2) is 0 Å². The Morgan fingerprint density at radius 1 is 1.40 bits per heavy atom. The standard InChI is InChI=1S/C14H11N3O3/c1-20-11-4-2-3-9(7-15)13(11)17-12-6-5-10(8-16-12)14(18)19/h2-6,8H,1H3,(H,16,17)(H,18,19). The number of para-hydroxylation sites is 1. The van der Waals surface area contributed by atoms with Crippen molar-refractivity contribution < 1.29 is 14.6 Å². The molecule has 1 aromatic carbocycles. The molecular formula is C14H11N3O3. The van der Waals surface area contributed by atoms with E-state index in [1.807, 2.05) is 0 Å². The molecule has 0 aliphatic rings. The van der Waals surface area contributed by atoms with Crippen molar-refractivity contribution in [2.45, 2.75) is 0 Å². The maximum atomic E-state index is 10.7. The second-order valence-corrected chi connectivity index (χ2v) is 3.86. The van der Waals surface area contributed by atoms with Gasteiger partial charge in [-0.25, -0.2) is 9.78 Å². The number of carboxylic acids is 1. The van der Waals surface area contributed by atoms with E-state index in [0.29, 0.717) is 22.8 Å². The first-order valence-electron chi connectivity index (χ1n) is 5.69. The van der Waals surface area contributed by atoms with Gasteiger partial charge in [0.1, 0.15) is 23.3 Å². The van der Waals surface area contributed by atoms with Crippen LogP contribution in [0.2, 0.25) is 0 Å². The van der Waals surface area contributed by atoms with Gasteiger partial charge < -0.3 is 15.2 Å². The van der Waals surface area contributed by atoms with Gasteiger partial charge >= 0.3 is 5.97 Å². The molecule has 0 fully saturated rings. The van der Waals surface area contributed by atoms with E-state index < -0.39 is 5.97 Å². The van der Waals surface area contributed by atoms with E-state index in [2.05, 4.69) is 16.4 Å². The summed E-state index contributed by atoms with van der Waals surface area (Å²) in [6.45, 7) is 0. The Hall–Kier alpha value is -3.07. The Balaban J connectivity index is 2.34. The molecule has 0 atom stereocenters. The van der Waals surface area contributed by atoms with Gasteiger partial charge in [-0.3, -0.25) is 0 Å². The van der Waals surface area contributed by atoms with Crippen LogP contribution in [0.4, 0.5) is 11.5 Å². The summed E-state index contributed by atoms with van der Waals surface area (Å²) in [7, 11) is 1.50. The van der Waals surface area contributed by atoms with Crippen LogP contribution in [-0.4, -0.2) is 23.2 Å². The number of carbonyl (C=O) groups is 1. The number of hydrogen-bond donors (Lipinski definition) is 2. The number of aromatic carboxylic acids is 1. The molecule has 0 amide bonds. The molecule has 100 valence electrons. The fourth-order valence-corrected chi connectivity index (χ4v) is 1.65. The van der Waals surface area contributed by atoms with E-state index in [9.17, 15) is 4.79 Å². The third-order valence-corrected chi connectivity index (χ3v) is 2.63. The number of anilines is 2. The van der Waals surface area contributed by atoms with E-state index in [1.54, 1.807) is 18.2 Å². The van der Waals surface area contributed by atoms with Gasteiger partial charge in [-0.1, -0.05) is 6.07 Å². The van der Waals surface area contributed by atoms with E-state index in [4.69, 9.17) is 15.1 Å². The van der Waals surface area contributed by atoms with Gasteiger partial charge in [0.2, 0.25) is 0 Å². The quantitative estimate of drug-likeness (QED) is 0.884. The molecule has 0 saturated carbocycles. The maximum Gasteiger partial charge on any atom is 0.337 e. The lowest BCUT2D eigenvalue weighted by Crippen LogP contribution is -2.01. The molecule has 0 unspecified atom stereocenters. The van der Waals surface area contributed by atoms with Crippen molar-refractivity contribution in [3.8, 4) is 11.8 Å². The van der Waals surface area contributed by atoms with Crippen LogP contribution in [0.3, 0.4) is 0 Å². The lowest BCUT2D eigenvalue weighted by molar-refractivity contribution is 0.0696. The van der Waals surface area contributed by atoms with Crippen LogP contribution in [0.5, 0.6) is 5.75 Å². The van der Waals surface area contributed by atoms with E-state index in [0.717, 1.165) is 0 Å². The van der Waals surface area contributed by atoms with E-state index in [1.165, 1.54) is 25.4 Å².